The maximum absolute atomic E-state index is 11.1. The molecule has 1 aliphatic carbocycles. The van der Waals surface area contributed by atoms with Gasteiger partial charge in [-0.05, 0) is 44.6 Å². The van der Waals surface area contributed by atoms with Crippen molar-refractivity contribution in [3.63, 3.8) is 0 Å². The highest BCUT2D eigenvalue weighted by molar-refractivity contribution is 5.71. The molecule has 1 saturated carbocycles. The predicted octanol–water partition coefficient (Wildman–Crippen LogP) is 2.36. The summed E-state index contributed by atoms with van der Waals surface area (Å²) in [4.78, 5) is 13.5. The molecule has 2 fully saturated rings. The number of aliphatic carboxylic acids is 1. The van der Waals surface area contributed by atoms with E-state index in [-0.39, 0.29) is 12.0 Å². The summed E-state index contributed by atoms with van der Waals surface area (Å²) >= 11 is 0. The SMILES string of the molecule is CC1C(C(=O)O)CCN1C1CCC(C)(C)C1. The summed E-state index contributed by atoms with van der Waals surface area (Å²) in [6.07, 6.45) is 4.57. The van der Waals surface area contributed by atoms with Gasteiger partial charge in [0.2, 0.25) is 0 Å². The van der Waals surface area contributed by atoms with Crippen LogP contribution in [0.25, 0.3) is 0 Å². The first-order valence-corrected chi connectivity index (χ1v) is 6.39. The first kappa shape index (κ1) is 11.9. The van der Waals surface area contributed by atoms with Crippen LogP contribution in [0, 0.1) is 11.3 Å². The second kappa shape index (κ2) is 4.02. The zero-order valence-corrected chi connectivity index (χ0v) is 10.6. The number of carboxylic acid groups (broad SMARTS) is 1. The van der Waals surface area contributed by atoms with Crippen LogP contribution in [-0.4, -0.2) is 34.6 Å². The minimum atomic E-state index is -0.618. The molecule has 0 radical (unpaired) electrons. The summed E-state index contributed by atoms with van der Waals surface area (Å²) in [6.45, 7) is 7.70. The average molecular weight is 225 g/mol. The maximum atomic E-state index is 11.1. The van der Waals surface area contributed by atoms with Crippen molar-refractivity contribution < 1.29 is 9.90 Å². The number of hydrogen-bond acceptors (Lipinski definition) is 2. The predicted molar refractivity (Wildman–Crippen MR) is 63.3 cm³/mol. The second-order valence-corrected chi connectivity index (χ2v) is 6.27. The first-order valence-electron chi connectivity index (χ1n) is 6.39. The van der Waals surface area contributed by atoms with E-state index in [2.05, 4.69) is 25.7 Å². The maximum Gasteiger partial charge on any atom is 0.308 e. The molecule has 3 nitrogen and oxygen atoms in total. The van der Waals surface area contributed by atoms with Crippen molar-refractivity contribution in [3.8, 4) is 0 Å². The monoisotopic (exact) mass is 225 g/mol. The smallest absolute Gasteiger partial charge is 0.308 e. The van der Waals surface area contributed by atoms with E-state index in [1.807, 2.05) is 0 Å². The Labute approximate surface area is 97.8 Å². The molecule has 0 aromatic heterocycles. The van der Waals surface area contributed by atoms with E-state index in [9.17, 15) is 4.79 Å². The van der Waals surface area contributed by atoms with Gasteiger partial charge in [-0.3, -0.25) is 9.69 Å². The zero-order valence-electron chi connectivity index (χ0n) is 10.6. The molecule has 0 spiro atoms. The number of rotatable bonds is 2. The summed E-state index contributed by atoms with van der Waals surface area (Å²) in [6, 6.07) is 0.839. The second-order valence-electron chi connectivity index (χ2n) is 6.27. The largest absolute Gasteiger partial charge is 0.481 e. The van der Waals surface area contributed by atoms with Crippen LogP contribution in [0.15, 0.2) is 0 Å². The Bertz CT molecular complexity index is 288. The number of carboxylic acids is 1. The highest BCUT2D eigenvalue weighted by atomic mass is 16.4. The molecule has 3 atom stereocenters. The van der Waals surface area contributed by atoms with Gasteiger partial charge in [0.15, 0.2) is 0 Å². The highest BCUT2D eigenvalue weighted by Crippen LogP contribution is 2.42. The third-order valence-corrected chi connectivity index (χ3v) is 4.53. The molecule has 2 aliphatic rings. The van der Waals surface area contributed by atoms with E-state index >= 15 is 0 Å². The van der Waals surface area contributed by atoms with Crippen molar-refractivity contribution in [2.24, 2.45) is 11.3 Å². The Kier molecular flexibility index (Phi) is 2.99. The van der Waals surface area contributed by atoms with Crippen molar-refractivity contribution in [1.82, 2.24) is 4.90 Å². The molecule has 0 aromatic carbocycles. The van der Waals surface area contributed by atoms with Gasteiger partial charge in [0.25, 0.3) is 0 Å². The van der Waals surface area contributed by atoms with Crippen LogP contribution in [0.4, 0.5) is 0 Å². The topological polar surface area (TPSA) is 40.5 Å². The molecule has 0 amide bonds. The van der Waals surface area contributed by atoms with Crippen LogP contribution >= 0.6 is 0 Å². The van der Waals surface area contributed by atoms with Crippen LogP contribution < -0.4 is 0 Å². The summed E-state index contributed by atoms with van der Waals surface area (Å²) in [5.74, 6) is -0.768. The molecular weight excluding hydrogens is 202 g/mol. The molecule has 3 unspecified atom stereocenters. The lowest BCUT2D eigenvalue weighted by molar-refractivity contribution is -0.142. The van der Waals surface area contributed by atoms with Crippen LogP contribution in [0.5, 0.6) is 0 Å². The summed E-state index contributed by atoms with van der Waals surface area (Å²) in [5.41, 5.74) is 0.450. The lowest BCUT2D eigenvalue weighted by atomic mass is 9.91. The highest BCUT2D eigenvalue weighted by Gasteiger charge is 2.42. The average Bonchev–Trinajstić information content (AvgIpc) is 2.69. The van der Waals surface area contributed by atoms with Gasteiger partial charge in [-0.15, -0.1) is 0 Å². The summed E-state index contributed by atoms with van der Waals surface area (Å²) in [5, 5.41) is 9.12. The fraction of sp³-hybridized carbons (Fsp3) is 0.923. The van der Waals surface area contributed by atoms with Crippen molar-refractivity contribution in [3.05, 3.63) is 0 Å². The molecular formula is C13H23NO2. The number of likely N-dealkylation sites (tertiary alicyclic amines) is 1. The molecule has 1 heterocycles. The Morgan fingerprint density at radius 2 is 2.06 bits per heavy atom. The molecule has 92 valence electrons. The molecule has 2 rings (SSSR count). The molecule has 3 heteroatoms. The van der Waals surface area contributed by atoms with Crippen LogP contribution in [0.2, 0.25) is 0 Å². The van der Waals surface area contributed by atoms with E-state index in [0.717, 1.165) is 13.0 Å². The van der Waals surface area contributed by atoms with Crippen molar-refractivity contribution in [1.29, 1.82) is 0 Å². The summed E-state index contributed by atoms with van der Waals surface area (Å²) in [7, 11) is 0. The van der Waals surface area contributed by atoms with E-state index in [1.54, 1.807) is 0 Å². The Hall–Kier alpha value is -0.570. The molecule has 0 aromatic rings. The minimum Gasteiger partial charge on any atom is -0.481 e. The van der Waals surface area contributed by atoms with Gasteiger partial charge in [0, 0.05) is 12.1 Å². The molecule has 1 N–H and O–H groups in total. The normalized spacial score (nSPS) is 39.1. The molecule has 1 saturated heterocycles. The van der Waals surface area contributed by atoms with Gasteiger partial charge in [-0.25, -0.2) is 0 Å². The van der Waals surface area contributed by atoms with Gasteiger partial charge in [-0.1, -0.05) is 13.8 Å². The number of carbonyl (C=O) groups is 1. The fourth-order valence-corrected chi connectivity index (χ4v) is 3.49. The van der Waals surface area contributed by atoms with Gasteiger partial charge >= 0.3 is 5.97 Å². The molecule has 0 bridgehead atoms. The van der Waals surface area contributed by atoms with E-state index < -0.39 is 5.97 Å². The summed E-state index contributed by atoms with van der Waals surface area (Å²) < 4.78 is 0. The van der Waals surface area contributed by atoms with E-state index in [1.165, 1.54) is 19.3 Å². The van der Waals surface area contributed by atoms with E-state index in [0.29, 0.717) is 11.5 Å². The third kappa shape index (κ3) is 2.10. The Morgan fingerprint density at radius 3 is 2.50 bits per heavy atom. The van der Waals surface area contributed by atoms with Crippen LogP contribution in [0.3, 0.4) is 0 Å². The lowest BCUT2D eigenvalue weighted by Crippen LogP contribution is -2.39. The minimum absolute atomic E-state index is 0.149. The van der Waals surface area contributed by atoms with Gasteiger partial charge in [-0.2, -0.15) is 0 Å². The standard InChI is InChI=1S/C13H23NO2/c1-9-11(12(15)16)5-7-14(9)10-4-6-13(2,3)8-10/h9-11H,4-8H2,1-3H3,(H,15,16). The lowest BCUT2D eigenvalue weighted by Gasteiger charge is -2.30. The van der Waals surface area contributed by atoms with E-state index in [4.69, 9.17) is 5.11 Å². The van der Waals surface area contributed by atoms with Crippen molar-refractivity contribution in [2.75, 3.05) is 6.54 Å². The fourth-order valence-electron chi connectivity index (χ4n) is 3.49. The quantitative estimate of drug-likeness (QED) is 0.784. The number of hydrogen-bond donors (Lipinski definition) is 1. The third-order valence-electron chi connectivity index (χ3n) is 4.53. The van der Waals surface area contributed by atoms with Gasteiger partial charge in [0.1, 0.15) is 0 Å². The molecule has 1 aliphatic heterocycles. The zero-order chi connectivity index (χ0) is 11.9. The van der Waals surface area contributed by atoms with Gasteiger partial charge in [0.05, 0.1) is 5.92 Å². The van der Waals surface area contributed by atoms with Crippen molar-refractivity contribution in [2.45, 2.75) is 58.5 Å². The Morgan fingerprint density at radius 1 is 1.38 bits per heavy atom. The van der Waals surface area contributed by atoms with Gasteiger partial charge < -0.3 is 5.11 Å². The Balaban J connectivity index is 2.00. The van der Waals surface area contributed by atoms with Crippen molar-refractivity contribution >= 4 is 5.97 Å². The molecule has 16 heavy (non-hydrogen) atoms. The first-order chi connectivity index (χ1) is 7.41. The van der Waals surface area contributed by atoms with Crippen LogP contribution in [0.1, 0.15) is 46.5 Å². The number of nitrogens with zero attached hydrogens (tertiary/aromatic N) is 1. The van der Waals surface area contributed by atoms with Crippen LogP contribution in [-0.2, 0) is 4.79 Å².